The maximum atomic E-state index is 12.5. The molecule has 0 bridgehead atoms. The number of nitrogens with zero attached hydrogens (tertiary/aromatic N) is 2. The molecule has 3 rings (SSSR count). The van der Waals surface area contributed by atoms with Gasteiger partial charge in [-0.25, -0.2) is 0 Å². The minimum atomic E-state index is -0.0501. The van der Waals surface area contributed by atoms with E-state index in [-0.39, 0.29) is 11.8 Å². The van der Waals surface area contributed by atoms with E-state index in [1.54, 1.807) is 38.4 Å². The van der Waals surface area contributed by atoms with Crippen LogP contribution >= 0.6 is 0 Å². The second-order valence-corrected chi connectivity index (χ2v) is 7.45. The van der Waals surface area contributed by atoms with Gasteiger partial charge < -0.3 is 10.2 Å². The zero-order chi connectivity index (χ0) is 19.4. The molecule has 1 aliphatic rings. The zero-order valence-electron chi connectivity index (χ0n) is 16.2. The van der Waals surface area contributed by atoms with E-state index in [0.717, 1.165) is 19.4 Å². The molecule has 0 spiro atoms. The number of nitrogens with one attached hydrogen (secondary N) is 1. The number of rotatable bonds is 7. The fourth-order valence-electron chi connectivity index (χ4n) is 3.14. The highest BCUT2D eigenvalue weighted by Gasteiger charge is 2.30. The number of anilines is 1. The lowest BCUT2D eigenvalue weighted by molar-refractivity contribution is -0.117. The second-order valence-electron chi connectivity index (χ2n) is 7.45. The number of carbonyl (C=O) groups excluding carboxylic acids is 2. The van der Waals surface area contributed by atoms with Gasteiger partial charge in [-0.3, -0.25) is 14.5 Å². The average Bonchev–Trinajstić information content (AvgIpc) is 3.46. The van der Waals surface area contributed by atoms with Gasteiger partial charge >= 0.3 is 0 Å². The molecule has 0 saturated heterocycles. The average molecular weight is 365 g/mol. The van der Waals surface area contributed by atoms with Gasteiger partial charge in [0.15, 0.2) is 0 Å². The van der Waals surface area contributed by atoms with Crippen LogP contribution in [0.4, 0.5) is 5.69 Å². The van der Waals surface area contributed by atoms with Crippen molar-refractivity contribution < 1.29 is 9.59 Å². The Labute approximate surface area is 161 Å². The summed E-state index contributed by atoms with van der Waals surface area (Å²) < 4.78 is 0. The minimum Gasteiger partial charge on any atom is -0.345 e. The van der Waals surface area contributed by atoms with Crippen molar-refractivity contribution in [3.8, 4) is 0 Å². The van der Waals surface area contributed by atoms with Gasteiger partial charge in [-0.2, -0.15) is 0 Å². The quantitative estimate of drug-likeness (QED) is 0.819. The van der Waals surface area contributed by atoms with Gasteiger partial charge in [0, 0.05) is 37.9 Å². The Bertz CT molecular complexity index is 811. The standard InChI is InChI=1S/C22H27N3O2/c1-16-5-4-6-17(13-16)14-25(20-11-12-20)15-21(26)23-19-9-7-18(8-10-19)22(27)24(2)3/h4-10,13,20H,11-12,14-15H2,1-3H3,(H,23,26). The van der Waals surface area contributed by atoms with E-state index in [4.69, 9.17) is 0 Å². The summed E-state index contributed by atoms with van der Waals surface area (Å²) in [5.74, 6) is -0.0767. The number of amides is 2. The monoisotopic (exact) mass is 365 g/mol. The van der Waals surface area contributed by atoms with Crippen LogP contribution in [-0.4, -0.2) is 48.3 Å². The van der Waals surface area contributed by atoms with E-state index in [0.29, 0.717) is 23.8 Å². The summed E-state index contributed by atoms with van der Waals surface area (Å²) in [4.78, 5) is 28.2. The van der Waals surface area contributed by atoms with E-state index in [2.05, 4.69) is 41.4 Å². The van der Waals surface area contributed by atoms with Crippen LogP contribution in [0.3, 0.4) is 0 Å². The number of benzene rings is 2. The fourth-order valence-corrected chi connectivity index (χ4v) is 3.14. The predicted molar refractivity (Wildman–Crippen MR) is 108 cm³/mol. The van der Waals surface area contributed by atoms with Crippen LogP contribution in [0.15, 0.2) is 48.5 Å². The molecule has 0 atom stereocenters. The lowest BCUT2D eigenvalue weighted by atomic mass is 10.1. The summed E-state index contributed by atoms with van der Waals surface area (Å²) in [6.07, 6.45) is 2.31. The molecule has 5 nitrogen and oxygen atoms in total. The molecule has 0 aromatic heterocycles. The molecule has 142 valence electrons. The van der Waals surface area contributed by atoms with Gasteiger partial charge in [0.25, 0.3) is 5.91 Å². The first-order valence-corrected chi connectivity index (χ1v) is 9.33. The molecule has 1 fully saturated rings. The summed E-state index contributed by atoms with van der Waals surface area (Å²) in [6.45, 7) is 3.25. The van der Waals surface area contributed by atoms with Gasteiger partial charge in [0.1, 0.15) is 0 Å². The Balaban J connectivity index is 1.59. The molecular formula is C22H27N3O2. The first-order valence-electron chi connectivity index (χ1n) is 9.33. The van der Waals surface area contributed by atoms with Gasteiger partial charge in [0.2, 0.25) is 5.91 Å². The topological polar surface area (TPSA) is 52.7 Å². The number of hydrogen-bond acceptors (Lipinski definition) is 3. The SMILES string of the molecule is Cc1cccc(CN(CC(=O)Nc2ccc(C(=O)N(C)C)cc2)C2CC2)c1. The molecular weight excluding hydrogens is 338 g/mol. The van der Waals surface area contributed by atoms with Crippen LogP contribution in [-0.2, 0) is 11.3 Å². The second kappa shape index (κ2) is 8.35. The van der Waals surface area contributed by atoms with Crippen molar-refractivity contribution in [2.45, 2.75) is 32.4 Å². The molecule has 1 N–H and O–H groups in total. The van der Waals surface area contributed by atoms with Crippen LogP contribution < -0.4 is 5.32 Å². The molecule has 5 heteroatoms. The van der Waals surface area contributed by atoms with Crippen molar-refractivity contribution in [1.29, 1.82) is 0 Å². The number of hydrogen-bond donors (Lipinski definition) is 1. The predicted octanol–water partition coefficient (Wildman–Crippen LogP) is 3.30. The Morgan fingerprint density at radius 2 is 1.78 bits per heavy atom. The Kier molecular flexibility index (Phi) is 5.91. The summed E-state index contributed by atoms with van der Waals surface area (Å²) in [5, 5.41) is 2.94. The van der Waals surface area contributed by atoms with Gasteiger partial charge in [-0.15, -0.1) is 0 Å². The largest absolute Gasteiger partial charge is 0.345 e. The highest BCUT2D eigenvalue weighted by molar-refractivity contribution is 5.96. The van der Waals surface area contributed by atoms with E-state index in [1.165, 1.54) is 16.0 Å². The summed E-state index contributed by atoms with van der Waals surface area (Å²) in [7, 11) is 3.44. The lowest BCUT2D eigenvalue weighted by Crippen LogP contribution is -2.34. The molecule has 2 amide bonds. The van der Waals surface area contributed by atoms with E-state index in [1.807, 2.05) is 0 Å². The molecule has 0 radical (unpaired) electrons. The van der Waals surface area contributed by atoms with Crippen LogP contribution in [0.1, 0.15) is 34.3 Å². The van der Waals surface area contributed by atoms with Crippen molar-refractivity contribution in [3.63, 3.8) is 0 Å². The molecule has 0 heterocycles. The van der Waals surface area contributed by atoms with Crippen molar-refractivity contribution in [2.24, 2.45) is 0 Å². The van der Waals surface area contributed by atoms with Gasteiger partial charge in [-0.05, 0) is 49.6 Å². The Morgan fingerprint density at radius 1 is 1.07 bits per heavy atom. The third-order valence-electron chi connectivity index (χ3n) is 4.70. The van der Waals surface area contributed by atoms with E-state index >= 15 is 0 Å². The molecule has 27 heavy (non-hydrogen) atoms. The third-order valence-corrected chi connectivity index (χ3v) is 4.70. The molecule has 0 unspecified atom stereocenters. The van der Waals surface area contributed by atoms with Crippen molar-refractivity contribution in [3.05, 3.63) is 65.2 Å². The van der Waals surface area contributed by atoms with E-state index in [9.17, 15) is 9.59 Å². The maximum absolute atomic E-state index is 12.5. The molecule has 2 aromatic rings. The molecule has 1 aliphatic carbocycles. The third kappa shape index (κ3) is 5.41. The van der Waals surface area contributed by atoms with Crippen molar-refractivity contribution in [1.82, 2.24) is 9.80 Å². The smallest absolute Gasteiger partial charge is 0.253 e. The lowest BCUT2D eigenvalue weighted by Gasteiger charge is -2.21. The van der Waals surface area contributed by atoms with Gasteiger partial charge in [0.05, 0.1) is 6.54 Å². The zero-order valence-corrected chi connectivity index (χ0v) is 16.2. The Hall–Kier alpha value is -2.66. The van der Waals surface area contributed by atoms with E-state index < -0.39 is 0 Å². The number of carbonyl (C=O) groups is 2. The summed E-state index contributed by atoms with van der Waals surface area (Å²) in [5.41, 5.74) is 3.79. The summed E-state index contributed by atoms with van der Waals surface area (Å²) >= 11 is 0. The van der Waals surface area contributed by atoms with Crippen LogP contribution in [0.25, 0.3) is 0 Å². The van der Waals surface area contributed by atoms with Crippen molar-refractivity contribution in [2.75, 3.05) is 26.0 Å². The van der Waals surface area contributed by atoms with Crippen LogP contribution in [0.5, 0.6) is 0 Å². The van der Waals surface area contributed by atoms with Crippen LogP contribution in [0, 0.1) is 6.92 Å². The first kappa shape index (κ1) is 19.1. The normalized spacial score (nSPS) is 13.5. The van der Waals surface area contributed by atoms with Gasteiger partial charge in [-0.1, -0.05) is 29.8 Å². The maximum Gasteiger partial charge on any atom is 0.253 e. The summed E-state index contributed by atoms with van der Waals surface area (Å²) in [6, 6.07) is 16.0. The Morgan fingerprint density at radius 3 is 2.37 bits per heavy atom. The first-order chi connectivity index (χ1) is 12.9. The molecule has 1 saturated carbocycles. The van der Waals surface area contributed by atoms with Crippen molar-refractivity contribution >= 4 is 17.5 Å². The minimum absolute atomic E-state index is 0.0266. The fraction of sp³-hybridized carbons (Fsp3) is 0.364. The highest BCUT2D eigenvalue weighted by Crippen LogP contribution is 2.28. The molecule has 2 aromatic carbocycles. The highest BCUT2D eigenvalue weighted by atomic mass is 16.2. The molecule has 0 aliphatic heterocycles. The number of aryl methyl sites for hydroxylation is 1. The van der Waals surface area contributed by atoms with Crippen LogP contribution in [0.2, 0.25) is 0 Å².